The number of rotatable bonds is 8. The van der Waals surface area contributed by atoms with Gasteiger partial charge in [0.15, 0.2) is 0 Å². The summed E-state index contributed by atoms with van der Waals surface area (Å²) in [4.78, 5) is 28.5. The first-order chi connectivity index (χ1) is 17.3. The van der Waals surface area contributed by atoms with Crippen LogP contribution in [0.15, 0.2) is 66.7 Å². The average Bonchev–Trinajstić information content (AvgIpc) is 2.95. The lowest BCUT2D eigenvalue weighted by Crippen LogP contribution is -2.42. The number of amides is 1. The van der Waals surface area contributed by atoms with E-state index in [4.69, 9.17) is 16.3 Å². The topological polar surface area (TPSA) is 58.6 Å². The zero-order valence-corrected chi connectivity index (χ0v) is 21.4. The van der Waals surface area contributed by atoms with Crippen LogP contribution in [0.1, 0.15) is 43.1 Å². The molecule has 0 aromatic heterocycles. The highest BCUT2D eigenvalue weighted by atomic mass is 35.5. The van der Waals surface area contributed by atoms with Crippen molar-refractivity contribution < 1.29 is 18.7 Å². The van der Waals surface area contributed by atoms with Crippen LogP contribution in [0.2, 0.25) is 5.02 Å². The Kier molecular flexibility index (Phi) is 8.07. The fourth-order valence-electron chi connectivity index (χ4n) is 4.51. The molecule has 0 aliphatic carbocycles. The Hall–Kier alpha value is -3.22. The van der Waals surface area contributed by atoms with Crippen LogP contribution in [0, 0.1) is 11.7 Å². The van der Waals surface area contributed by atoms with E-state index in [2.05, 4.69) is 5.32 Å². The van der Waals surface area contributed by atoms with Gasteiger partial charge in [0.05, 0.1) is 0 Å². The average molecular weight is 509 g/mol. The third kappa shape index (κ3) is 5.77. The maximum Gasteiger partial charge on any atom is 0.256 e. The SMILES string of the molecule is CNc1cccc([C@H]2O[C@H](CC(=O)Cc3ccccc3F)C(=O)N(CC(C)C)c3ccc(Cl)cc32)c1. The third-order valence-corrected chi connectivity index (χ3v) is 6.42. The number of Topliss-reactive ketones (excluding diaryl/α,β-unsaturated/α-hetero) is 1. The molecule has 1 aliphatic rings. The Morgan fingerprint density at radius 2 is 1.89 bits per heavy atom. The normalized spacial score (nSPS) is 17.6. The Balaban J connectivity index is 1.75. The first-order valence-electron chi connectivity index (χ1n) is 12.1. The fourth-order valence-corrected chi connectivity index (χ4v) is 4.69. The summed E-state index contributed by atoms with van der Waals surface area (Å²) in [5.41, 5.74) is 3.49. The van der Waals surface area contributed by atoms with Gasteiger partial charge in [0, 0.05) is 48.4 Å². The van der Waals surface area contributed by atoms with E-state index in [1.807, 2.05) is 57.3 Å². The molecule has 0 bridgehead atoms. The molecule has 3 aromatic carbocycles. The zero-order valence-electron chi connectivity index (χ0n) is 20.6. The zero-order chi connectivity index (χ0) is 25.8. The summed E-state index contributed by atoms with van der Waals surface area (Å²) in [5, 5.41) is 3.65. The van der Waals surface area contributed by atoms with E-state index in [0.29, 0.717) is 22.8 Å². The van der Waals surface area contributed by atoms with E-state index < -0.39 is 18.0 Å². The molecule has 0 unspecified atom stereocenters. The molecule has 1 heterocycles. The number of nitrogens with zero attached hydrogens (tertiary/aromatic N) is 1. The van der Waals surface area contributed by atoms with E-state index in [1.54, 1.807) is 29.2 Å². The summed E-state index contributed by atoms with van der Waals surface area (Å²) in [6.07, 6.45) is -1.93. The number of ether oxygens (including phenoxy) is 1. The minimum Gasteiger partial charge on any atom is -0.388 e. The van der Waals surface area contributed by atoms with Crippen molar-refractivity contribution >= 4 is 34.7 Å². The number of carbonyl (C=O) groups excluding carboxylic acids is 2. The highest BCUT2D eigenvalue weighted by molar-refractivity contribution is 6.30. The van der Waals surface area contributed by atoms with Gasteiger partial charge >= 0.3 is 0 Å². The monoisotopic (exact) mass is 508 g/mol. The molecular formula is C29H30ClFN2O3. The lowest BCUT2D eigenvalue weighted by molar-refractivity contribution is -0.137. The molecule has 0 saturated carbocycles. The Morgan fingerprint density at radius 3 is 2.61 bits per heavy atom. The summed E-state index contributed by atoms with van der Waals surface area (Å²) in [6.45, 7) is 4.51. The molecule has 3 aromatic rings. The predicted molar refractivity (Wildman–Crippen MR) is 141 cm³/mol. The van der Waals surface area contributed by atoms with Crippen LogP contribution in [-0.2, 0) is 20.7 Å². The van der Waals surface area contributed by atoms with Gasteiger partial charge in [-0.1, -0.05) is 55.8 Å². The van der Waals surface area contributed by atoms with Crippen molar-refractivity contribution in [3.05, 3.63) is 94.3 Å². The van der Waals surface area contributed by atoms with Crippen LogP contribution in [-0.4, -0.2) is 31.4 Å². The van der Waals surface area contributed by atoms with Gasteiger partial charge in [-0.3, -0.25) is 9.59 Å². The van der Waals surface area contributed by atoms with Gasteiger partial charge in [0.1, 0.15) is 23.8 Å². The molecule has 5 nitrogen and oxygen atoms in total. The quantitative estimate of drug-likeness (QED) is 0.393. The molecule has 4 rings (SSSR count). The van der Waals surface area contributed by atoms with Gasteiger partial charge in [-0.2, -0.15) is 0 Å². The lowest BCUT2D eigenvalue weighted by atomic mass is 9.98. The first-order valence-corrected chi connectivity index (χ1v) is 12.4. The summed E-state index contributed by atoms with van der Waals surface area (Å²) in [5.74, 6) is -0.822. The second kappa shape index (κ2) is 11.2. The number of hydrogen-bond donors (Lipinski definition) is 1. The van der Waals surface area contributed by atoms with Crippen LogP contribution in [0.5, 0.6) is 0 Å². The van der Waals surface area contributed by atoms with Gasteiger partial charge < -0.3 is 15.0 Å². The second-order valence-electron chi connectivity index (χ2n) is 9.44. The molecule has 188 valence electrons. The van der Waals surface area contributed by atoms with Crippen molar-refractivity contribution in [3.8, 4) is 0 Å². The number of fused-ring (bicyclic) bond motifs is 1. The summed E-state index contributed by atoms with van der Waals surface area (Å²) in [6, 6.07) is 19.3. The number of carbonyl (C=O) groups is 2. The van der Waals surface area contributed by atoms with Crippen LogP contribution in [0.3, 0.4) is 0 Å². The number of nitrogens with one attached hydrogen (secondary N) is 1. The number of hydrogen-bond acceptors (Lipinski definition) is 4. The third-order valence-electron chi connectivity index (χ3n) is 6.19. The highest BCUT2D eigenvalue weighted by Gasteiger charge is 2.38. The standard InChI is InChI=1S/C29H30ClFN2O3/c1-18(2)17-33-26-12-11-21(30)15-24(26)28(20-8-6-9-22(13-20)32-3)36-27(29(33)35)16-23(34)14-19-7-4-5-10-25(19)31/h4-13,15,18,27-28,32H,14,16-17H2,1-3H3/t27-,28-/m1/s1. The number of anilines is 2. The Bertz CT molecular complexity index is 1260. The van der Waals surface area contributed by atoms with Gasteiger partial charge in [-0.15, -0.1) is 0 Å². The maximum atomic E-state index is 14.2. The summed E-state index contributed by atoms with van der Waals surface area (Å²) in [7, 11) is 1.83. The van der Waals surface area contributed by atoms with E-state index in [0.717, 1.165) is 16.8 Å². The minimum absolute atomic E-state index is 0.108. The molecule has 0 radical (unpaired) electrons. The van der Waals surface area contributed by atoms with Crippen molar-refractivity contribution in [2.45, 2.75) is 38.9 Å². The van der Waals surface area contributed by atoms with Crippen molar-refractivity contribution in [2.24, 2.45) is 5.92 Å². The molecule has 1 N–H and O–H groups in total. The Labute approximate surface area is 216 Å². The van der Waals surface area contributed by atoms with Gasteiger partial charge in [-0.05, 0) is 53.4 Å². The van der Waals surface area contributed by atoms with Crippen LogP contribution < -0.4 is 10.2 Å². The smallest absolute Gasteiger partial charge is 0.256 e. The fraction of sp³-hybridized carbons (Fsp3) is 0.310. The molecule has 0 spiro atoms. The van der Waals surface area contributed by atoms with Crippen molar-refractivity contribution in [1.82, 2.24) is 0 Å². The molecule has 36 heavy (non-hydrogen) atoms. The van der Waals surface area contributed by atoms with Crippen LogP contribution >= 0.6 is 11.6 Å². The minimum atomic E-state index is -1.03. The van der Waals surface area contributed by atoms with E-state index in [9.17, 15) is 14.0 Å². The van der Waals surface area contributed by atoms with Gasteiger partial charge in [0.2, 0.25) is 0 Å². The van der Waals surface area contributed by atoms with E-state index >= 15 is 0 Å². The largest absolute Gasteiger partial charge is 0.388 e. The summed E-state index contributed by atoms with van der Waals surface area (Å²) < 4.78 is 20.6. The second-order valence-corrected chi connectivity index (χ2v) is 9.87. The van der Waals surface area contributed by atoms with Gasteiger partial charge in [0.25, 0.3) is 5.91 Å². The highest BCUT2D eigenvalue weighted by Crippen LogP contribution is 2.40. The van der Waals surface area contributed by atoms with Crippen molar-refractivity contribution in [2.75, 3.05) is 23.8 Å². The van der Waals surface area contributed by atoms with E-state index in [-0.39, 0.29) is 30.4 Å². The van der Waals surface area contributed by atoms with Crippen molar-refractivity contribution in [1.29, 1.82) is 0 Å². The maximum absolute atomic E-state index is 14.2. The first kappa shape index (κ1) is 25.9. The predicted octanol–water partition coefficient (Wildman–Crippen LogP) is 6.20. The van der Waals surface area contributed by atoms with Crippen LogP contribution in [0.4, 0.5) is 15.8 Å². The molecule has 2 atom stereocenters. The molecule has 7 heteroatoms. The molecular weight excluding hydrogens is 479 g/mol. The van der Waals surface area contributed by atoms with Crippen LogP contribution in [0.25, 0.3) is 0 Å². The number of ketones is 1. The van der Waals surface area contributed by atoms with Crippen molar-refractivity contribution in [3.63, 3.8) is 0 Å². The van der Waals surface area contributed by atoms with Gasteiger partial charge in [-0.25, -0.2) is 4.39 Å². The lowest BCUT2D eigenvalue weighted by Gasteiger charge is -2.26. The summed E-state index contributed by atoms with van der Waals surface area (Å²) >= 11 is 6.40. The molecule has 0 fully saturated rings. The van der Waals surface area contributed by atoms with E-state index in [1.165, 1.54) is 6.07 Å². The number of benzene rings is 3. The molecule has 0 saturated heterocycles. The molecule has 1 amide bonds. The number of halogens is 2. The molecule has 1 aliphatic heterocycles. The Morgan fingerprint density at radius 1 is 1.11 bits per heavy atom.